The van der Waals surface area contributed by atoms with E-state index in [-0.39, 0.29) is 26.4 Å². The lowest BCUT2D eigenvalue weighted by atomic mass is 9.98. The average molecular weight is 508 g/mol. The first-order chi connectivity index (χ1) is 16.9. The molecule has 2 rings (SSSR count). The van der Waals surface area contributed by atoms with Crippen LogP contribution in [0, 0.1) is 0 Å². The van der Waals surface area contributed by atoms with Crippen molar-refractivity contribution >= 4 is 19.8 Å². The maximum atomic E-state index is 13.3. The van der Waals surface area contributed by atoms with E-state index >= 15 is 0 Å². The minimum atomic E-state index is -4.14. The third kappa shape index (κ3) is 8.56. The van der Waals surface area contributed by atoms with E-state index in [1.807, 2.05) is 12.1 Å². The summed E-state index contributed by atoms with van der Waals surface area (Å²) in [5.41, 5.74) is 1.21. The molecule has 3 atom stereocenters. The maximum absolute atomic E-state index is 13.3. The molecule has 0 aromatic heterocycles. The molecular formula is C25H34NO8P. The SMILES string of the molecule is CCOC(=O)C(N[C@H](c1ccccc1)[C@@H](OP(=O)(OCC)OCC)C(=O)OCC)c1ccccc1. The number of esters is 2. The Morgan fingerprint density at radius 3 is 1.71 bits per heavy atom. The van der Waals surface area contributed by atoms with Crippen LogP contribution in [0.2, 0.25) is 0 Å². The quantitative estimate of drug-likeness (QED) is 0.270. The van der Waals surface area contributed by atoms with E-state index in [4.69, 9.17) is 23.0 Å². The Hall–Kier alpha value is -2.55. The zero-order valence-electron chi connectivity index (χ0n) is 20.5. The first-order valence-corrected chi connectivity index (χ1v) is 13.1. The second kappa shape index (κ2) is 14.8. The lowest BCUT2D eigenvalue weighted by molar-refractivity contribution is -0.156. The molecule has 9 nitrogen and oxygen atoms in total. The molecule has 1 unspecified atom stereocenters. The van der Waals surface area contributed by atoms with Crippen LogP contribution in [0.5, 0.6) is 0 Å². The van der Waals surface area contributed by atoms with Gasteiger partial charge in [0.1, 0.15) is 6.04 Å². The standard InChI is InChI=1S/C25H34NO8P/c1-5-30-24(27)22(20-17-13-10-14-18-20)26-21(19-15-11-9-12-16-19)23(25(28)31-6-2)34-35(29,32-7-3)33-8-4/h9-18,21-23,26H,5-8H2,1-4H3/t21-,22?,23-/m1/s1. The van der Waals surface area contributed by atoms with Crippen molar-refractivity contribution in [2.75, 3.05) is 26.4 Å². The number of hydrogen-bond donors (Lipinski definition) is 1. The number of carbonyl (C=O) groups excluding carboxylic acids is 2. The summed E-state index contributed by atoms with van der Waals surface area (Å²) >= 11 is 0. The van der Waals surface area contributed by atoms with Crippen LogP contribution in [0.4, 0.5) is 0 Å². The van der Waals surface area contributed by atoms with Crippen LogP contribution in [0.1, 0.15) is 50.9 Å². The van der Waals surface area contributed by atoms with Gasteiger partial charge in [0.2, 0.25) is 0 Å². The molecule has 0 aliphatic carbocycles. The summed E-state index contributed by atoms with van der Waals surface area (Å²) in [6.07, 6.45) is -1.47. The van der Waals surface area contributed by atoms with Crippen LogP contribution in [-0.2, 0) is 37.2 Å². The second-order valence-corrected chi connectivity index (χ2v) is 8.83. The summed E-state index contributed by atoms with van der Waals surface area (Å²) in [5.74, 6) is -1.33. The molecule has 0 radical (unpaired) electrons. The molecule has 0 aliphatic rings. The van der Waals surface area contributed by atoms with Crippen LogP contribution in [0.25, 0.3) is 0 Å². The van der Waals surface area contributed by atoms with Crippen LogP contribution in [-0.4, -0.2) is 44.5 Å². The van der Waals surface area contributed by atoms with Gasteiger partial charge >= 0.3 is 19.8 Å². The molecule has 0 spiro atoms. The zero-order chi connectivity index (χ0) is 25.7. The smallest absolute Gasteiger partial charge is 0.465 e. The Bertz CT molecular complexity index is 946. The molecule has 0 bridgehead atoms. The van der Waals surface area contributed by atoms with E-state index in [9.17, 15) is 14.2 Å². The van der Waals surface area contributed by atoms with E-state index in [2.05, 4.69) is 5.32 Å². The molecule has 1 N–H and O–H groups in total. The minimum absolute atomic E-state index is 0.0335. The Balaban J connectivity index is 2.58. The molecule has 0 saturated heterocycles. The minimum Gasteiger partial charge on any atom is -0.465 e. The fraction of sp³-hybridized carbons (Fsp3) is 0.440. The van der Waals surface area contributed by atoms with Gasteiger partial charge in [-0.2, -0.15) is 0 Å². The van der Waals surface area contributed by atoms with Gasteiger partial charge in [-0.15, -0.1) is 0 Å². The van der Waals surface area contributed by atoms with Gasteiger partial charge in [0.15, 0.2) is 6.10 Å². The third-order valence-electron chi connectivity index (χ3n) is 4.80. The van der Waals surface area contributed by atoms with Crippen LogP contribution >= 0.6 is 7.82 Å². The number of phosphoric ester groups is 1. The Morgan fingerprint density at radius 1 is 0.743 bits per heavy atom. The van der Waals surface area contributed by atoms with Gasteiger partial charge in [-0.3, -0.25) is 18.9 Å². The highest BCUT2D eigenvalue weighted by atomic mass is 31.2. The fourth-order valence-corrected chi connectivity index (χ4v) is 4.70. The topological polar surface area (TPSA) is 109 Å². The number of ether oxygens (including phenoxy) is 2. The predicted octanol–water partition coefficient (Wildman–Crippen LogP) is 4.75. The molecule has 0 aliphatic heterocycles. The Morgan fingerprint density at radius 2 is 1.23 bits per heavy atom. The van der Waals surface area contributed by atoms with Crippen molar-refractivity contribution in [1.29, 1.82) is 0 Å². The van der Waals surface area contributed by atoms with Crippen molar-refractivity contribution in [1.82, 2.24) is 5.32 Å². The number of benzene rings is 2. The summed E-state index contributed by atoms with van der Waals surface area (Å²) in [7, 11) is -4.14. The third-order valence-corrected chi connectivity index (χ3v) is 6.43. The molecule has 0 heterocycles. The zero-order valence-corrected chi connectivity index (χ0v) is 21.4. The van der Waals surface area contributed by atoms with Gasteiger partial charge < -0.3 is 9.47 Å². The van der Waals surface area contributed by atoms with E-state index < -0.39 is 37.9 Å². The van der Waals surface area contributed by atoms with E-state index in [0.29, 0.717) is 11.1 Å². The normalized spacial score (nSPS) is 14.1. The van der Waals surface area contributed by atoms with Gasteiger partial charge in [-0.05, 0) is 38.8 Å². The fourth-order valence-electron chi connectivity index (χ4n) is 3.39. The monoisotopic (exact) mass is 507 g/mol. The number of nitrogens with one attached hydrogen (secondary N) is 1. The van der Waals surface area contributed by atoms with E-state index in [1.54, 1.807) is 76.2 Å². The molecule has 2 aromatic rings. The molecule has 192 valence electrons. The number of hydrogen-bond acceptors (Lipinski definition) is 9. The maximum Gasteiger partial charge on any atom is 0.475 e. The van der Waals surface area contributed by atoms with Crippen molar-refractivity contribution in [3.8, 4) is 0 Å². The summed E-state index contributed by atoms with van der Waals surface area (Å²) in [5, 5.41) is 3.18. The summed E-state index contributed by atoms with van der Waals surface area (Å²) in [6.45, 7) is 6.92. The highest BCUT2D eigenvalue weighted by molar-refractivity contribution is 7.48. The average Bonchev–Trinajstić information content (AvgIpc) is 2.85. The lowest BCUT2D eigenvalue weighted by Gasteiger charge is -2.31. The number of phosphoric acid groups is 1. The molecule has 0 fully saturated rings. The molecule has 0 saturated carbocycles. The van der Waals surface area contributed by atoms with Crippen LogP contribution < -0.4 is 5.32 Å². The second-order valence-electron chi connectivity index (χ2n) is 7.21. The number of rotatable bonds is 15. The van der Waals surface area contributed by atoms with Crippen molar-refractivity contribution in [3.05, 3.63) is 71.8 Å². The molecule has 0 amide bonds. The van der Waals surface area contributed by atoms with Crippen LogP contribution in [0.3, 0.4) is 0 Å². The predicted molar refractivity (Wildman–Crippen MR) is 130 cm³/mol. The molecule has 10 heteroatoms. The highest BCUT2D eigenvalue weighted by Gasteiger charge is 2.42. The Labute approximate surface area is 206 Å². The largest absolute Gasteiger partial charge is 0.475 e. The van der Waals surface area contributed by atoms with Crippen molar-refractivity contribution in [3.63, 3.8) is 0 Å². The first-order valence-electron chi connectivity index (χ1n) is 11.7. The summed E-state index contributed by atoms with van der Waals surface area (Å²) < 4.78 is 40.1. The first kappa shape index (κ1) is 28.7. The lowest BCUT2D eigenvalue weighted by Crippen LogP contribution is -2.43. The van der Waals surface area contributed by atoms with Crippen molar-refractivity contribution < 1.29 is 37.2 Å². The van der Waals surface area contributed by atoms with Crippen LogP contribution in [0.15, 0.2) is 60.7 Å². The van der Waals surface area contributed by atoms with Gasteiger partial charge in [0.25, 0.3) is 0 Å². The van der Waals surface area contributed by atoms with Gasteiger partial charge in [0.05, 0.1) is 32.5 Å². The highest BCUT2D eigenvalue weighted by Crippen LogP contribution is 2.52. The van der Waals surface area contributed by atoms with Gasteiger partial charge in [-0.25, -0.2) is 14.2 Å². The Kier molecular flexibility index (Phi) is 12.1. The van der Waals surface area contributed by atoms with Crippen molar-refractivity contribution in [2.24, 2.45) is 0 Å². The van der Waals surface area contributed by atoms with E-state index in [0.717, 1.165) is 0 Å². The summed E-state index contributed by atoms with van der Waals surface area (Å²) in [6, 6.07) is 15.9. The van der Waals surface area contributed by atoms with Crippen molar-refractivity contribution in [2.45, 2.75) is 45.9 Å². The molecule has 2 aromatic carbocycles. The van der Waals surface area contributed by atoms with Gasteiger partial charge in [-0.1, -0.05) is 60.7 Å². The molecule has 35 heavy (non-hydrogen) atoms. The van der Waals surface area contributed by atoms with Gasteiger partial charge in [0, 0.05) is 0 Å². The summed E-state index contributed by atoms with van der Waals surface area (Å²) in [4.78, 5) is 26.1. The molecular weight excluding hydrogens is 473 g/mol. The number of carbonyl (C=O) groups is 2. The van der Waals surface area contributed by atoms with E-state index in [1.165, 1.54) is 0 Å².